The molecule has 0 radical (unpaired) electrons. The summed E-state index contributed by atoms with van der Waals surface area (Å²) in [5.41, 5.74) is 2.27. The van der Waals surface area contributed by atoms with E-state index in [1.807, 2.05) is 31.2 Å². The second-order valence-corrected chi connectivity index (χ2v) is 7.42. The van der Waals surface area contributed by atoms with Crippen LogP contribution >= 0.6 is 15.9 Å². The van der Waals surface area contributed by atoms with Crippen molar-refractivity contribution in [3.05, 3.63) is 64.8 Å². The number of hydrogen-bond donors (Lipinski definition) is 0. The Morgan fingerprint density at radius 3 is 2.41 bits per heavy atom. The molecule has 0 amide bonds. The number of rotatable bonds is 3. The molecule has 0 bridgehead atoms. The SMILES string of the molecule is Cc1ccc(S(=O)(=O)n2cc(-c3ccccc3Br)nn2)cc1. The number of hydrogen-bond acceptors (Lipinski definition) is 4. The van der Waals surface area contributed by atoms with Crippen LogP contribution in [0.1, 0.15) is 5.56 Å². The summed E-state index contributed by atoms with van der Waals surface area (Å²) in [5, 5.41) is 7.72. The molecule has 0 atom stereocenters. The van der Waals surface area contributed by atoms with Crippen molar-refractivity contribution in [3.8, 4) is 11.3 Å². The zero-order chi connectivity index (χ0) is 15.7. The maximum absolute atomic E-state index is 12.5. The molecule has 1 heterocycles. The van der Waals surface area contributed by atoms with Crippen LogP contribution in [0.2, 0.25) is 0 Å². The Kier molecular flexibility index (Phi) is 3.84. The summed E-state index contributed by atoms with van der Waals surface area (Å²) in [5.74, 6) is 0. The second kappa shape index (κ2) is 5.66. The van der Waals surface area contributed by atoms with Crippen LogP contribution < -0.4 is 0 Å². The number of nitrogens with zero attached hydrogens (tertiary/aromatic N) is 3. The predicted octanol–water partition coefficient (Wildman–Crippen LogP) is 3.25. The van der Waals surface area contributed by atoms with E-state index in [0.29, 0.717) is 5.69 Å². The molecule has 0 unspecified atom stereocenters. The molecule has 0 aliphatic heterocycles. The average Bonchev–Trinajstić information content (AvgIpc) is 2.98. The number of aryl methyl sites for hydroxylation is 1. The Morgan fingerprint density at radius 2 is 1.73 bits per heavy atom. The maximum Gasteiger partial charge on any atom is 0.284 e. The van der Waals surface area contributed by atoms with Crippen LogP contribution in [0.4, 0.5) is 0 Å². The van der Waals surface area contributed by atoms with Crippen LogP contribution in [0.3, 0.4) is 0 Å². The number of halogens is 1. The fraction of sp³-hybridized carbons (Fsp3) is 0.0667. The molecule has 22 heavy (non-hydrogen) atoms. The minimum atomic E-state index is -3.73. The maximum atomic E-state index is 12.5. The van der Waals surface area contributed by atoms with Crippen molar-refractivity contribution in [3.63, 3.8) is 0 Å². The molecule has 0 spiro atoms. The van der Waals surface area contributed by atoms with Gasteiger partial charge < -0.3 is 0 Å². The standard InChI is InChI=1S/C15H12BrN3O2S/c1-11-6-8-12(9-7-11)22(20,21)19-10-15(17-18-19)13-4-2-3-5-14(13)16/h2-10H,1H3. The molecule has 0 saturated carbocycles. The third-order valence-electron chi connectivity index (χ3n) is 3.19. The van der Waals surface area contributed by atoms with Gasteiger partial charge in [-0.15, -0.1) is 9.19 Å². The van der Waals surface area contributed by atoms with E-state index >= 15 is 0 Å². The summed E-state index contributed by atoms with van der Waals surface area (Å²) in [7, 11) is -3.73. The van der Waals surface area contributed by atoms with Gasteiger partial charge in [-0.25, -0.2) is 0 Å². The van der Waals surface area contributed by atoms with Gasteiger partial charge in [-0.05, 0) is 25.1 Å². The van der Waals surface area contributed by atoms with Gasteiger partial charge >= 0.3 is 0 Å². The van der Waals surface area contributed by atoms with Crippen LogP contribution in [-0.4, -0.2) is 22.8 Å². The lowest BCUT2D eigenvalue weighted by atomic mass is 10.2. The topological polar surface area (TPSA) is 64.8 Å². The lowest BCUT2D eigenvalue weighted by Crippen LogP contribution is -2.13. The quantitative estimate of drug-likeness (QED) is 0.702. The van der Waals surface area contributed by atoms with Crippen molar-refractivity contribution < 1.29 is 8.42 Å². The van der Waals surface area contributed by atoms with Crippen LogP contribution in [-0.2, 0) is 10.0 Å². The summed E-state index contributed by atoms with van der Waals surface area (Å²) >= 11 is 3.42. The van der Waals surface area contributed by atoms with Crippen LogP contribution in [0.25, 0.3) is 11.3 Å². The van der Waals surface area contributed by atoms with Crippen molar-refractivity contribution in [1.82, 2.24) is 14.4 Å². The Hall–Kier alpha value is -1.99. The first-order chi connectivity index (χ1) is 10.5. The summed E-state index contributed by atoms with van der Waals surface area (Å²) in [6, 6.07) is 14.1. The van der Waals surface area contributed by atoms with Gasteiger partial charge in [0.25, 0.3) is 10.0 Å². The molecule has 1 aromatic heterocycles. The highest BCUT2D eigenvalue weighted by atomic mass is 79.9. The van der Waals surface area contributed by atoms with E-state index in [-0.39, 0.29) is 4.90 Å². The van der Waals surface area contributed by atoms with Crippen molar-refractivity contribution in [2.45, 2.75) is 11.8 Å². The minimum Gasteiger partial charge on any atom is -0.199 e. The predicted molar refractivity (Wildman–Crippen MR) is 86.9 cm³/mol. The largest absolute Gasteiger partial charge is 0.284 e. The molecule has 0 saturated heterocycles. The van der Waals surface area contributed by atoms with E-state index in [4.69, 9.17) is 0 Å². The molecule has 0 aliphatic carbocycles. The first-order valence-electron chi connectivity index (χ1n) is 6.48. The van der Waals surface area contributed by atoms with E-state index in [1.54, 1.807) is 24.3 Å². The van der Waals surface area contributed by atoms with Gasteiger partial charge in [-0.3, -0.25) is 0 Å². The van der Waals surface area contributed by atoms with Gasteiger partial charge in [0.15, 0.2) is 0 Å². The van der Waals surface area contributed by atoms with E-state index in [0.717, 1.165) is 19.7 Å². The Balaban J connectivity index is 2.03. The number of benzene rings is 2. The van der Waals surface area contributed by atoms with Crippen molar-refractivity contribution in [2.24, 2.45) is 0 Å². The molecular weight excluding hydrogens is 366 g/mol. The van der Waals surface area contributed by atoms with Crippen molar-refractivity contribution in [2.75, 3.05) is 0 Å². The molecule has 3 rings (SSSR count). The zero-order valence-electron chi connectivity index (χ0n) is 11.6. The van der Waals surface area contributed by atoms with Gasteiger partial charge in [0.2, 0.25) is 0 Å². The van der Waals surface area contributed by atoms with E-state index in [1.165, 1.54) is 6.20 Å². The van der Waals surface area contributed by atoms with Crippen LogP contribution in [0.5, 0.6) is 0 Å². The fourth-order valence-electron chi connectivity index (χ4n) is 1.98. The molecule has 0 fully saturated rings. The highest BCUT2D eigenvalue weighted by Crippen LogP contribution is 2.26. The molecule has 3 aromatic rings. The Morgan fingerprint density at radius 1 is 1.05 bits per heavy atom. The summed E-state index contributed by atoms with van der Waals surface area (Å²) < 4.78 is 26.8. The third kappa shape index (κ3) is 2.69. The normalized spacial score (nSPS) is 11.5. The molecule has 7 heteroatoms. The minimum absolute atomic E-state index is 0.182. The molecular formula is C15H12BrN3O2S. The third-order valence-corrected chi connectivity index (χ3v) is 5.42. The average molecular weight is 378 g/mol. The molecule has 0 aliphatic rings. The monoisotopic (exact) mass is 377 g/mol. The highest BCUT2D eigenvalue weighted by Gasteiger charge is 2.19. The van der Waals surface area contributed by atoms with Crippen molar-refractivity contribution in [1.29, 1.82) is 0 Å². The van der Waals surface area contributed by atoms with E-state index in [9.17, 15) is 8.42 Å². The summed E-state index contributed by atoms with van der Waals surface area (Å²) in [6.07, 6.45) is 1.41. The van der Waals surface area contributed by atoms with Crippen LogP contribution in [0.15, 0.2) is 64.1 Å². The Bertz CT molecular complexity index is 918. The van der Waals surface area contributed by atoms with E-state index in [2.05, 4.69) is 26.2 Å². The molecule has 5 nitrogen and oxygen atoms in total. The fourth-order valence-corrected chi connectivity index (χ4v) is 3.53. The molecule has 112 valence electrons. The first kappa shape index (κ1) is 14.9. The Labute approximate surface area is 136 Å². The molecule has 2 aromatic carbocycles. The van der Waals surface area contributed by atoms with Crippen LogP contribution in [0, 0.1) is 6.92 Å². The van der Waals surface area contributed by atoms with Gasteiger partial charge in [0.1, 0.15) is 5.69 Å². The summed E-state index contributed by atoms with van der Waals surface area (Å²) in [6.45, 7) is 1.90. The molecule has 0 N–H and O–H groups in total. The van der Waals surface area contributed by atoms with Crippen molar-refractivity contribution >= 4 is 26.0 Å². The highest BCUT2D eigenvalue weighted by molar-refractivity contribution is 9.10. The van der Waals surface area contributed by atoms with Gasteiger partial charge in [0, 0.05) is 10.0 Å². The number of aromatic nitrogens is 3. The van der Waals surface area contributed by atoms with Gasteiger partial charge in [0.05, 0.1) is 11.1 Å². The second-order valence-electron chi connectivity index (χ2n) is 4.77. The van der Waals surface area contributed by atoms with Gasteiger partial charge in [-0.1, -0.05) is 57.0 Å². The van der Waals surface area contributed by atoms with E-state index < -0.39 is 10.0 Å². The summed E-state index contributed by atoms with van der Waals surface area (Å²) in [4.78, 5) is 0.182. The zero-order valence-corrected chi connectivity index (χ0v) is 14.0. The lowest BCUT2D eigenvalue weighted by Gasteiger charge is -2.03. The smallest absolute Gasteiger partial charge is 0.199 e. The first-order valence-corrected chi connectivity index (χ1v) is 8.71. The lowest BCUT2D eigenvalue weighted by molar-refractivity contribution is 0.577. The van der Waals surface area contributed by atoms with Gasteiger partial charge in [-0.2, -0.15) is 8.42 Å².